The zero-order valence-electron chi connectivity index (χ0n) is 14.5. The molecule has 26 heavy (non-hydrogen) atoms. The Labute approximate surface area is 152 Å². The number of pyridine rings is 1. The third kappa shape index (κ3) is 5.55. The molecule has 0 aliphatic heterocycles. The van der Waals surface area contributed by atoms with Gasteiger partial charge >= 0.3 is 0 Å². The quantitative estimate of drug-likeness (QED) is 0.554. The molecule has 0 aliphatic carbocycles. The maximum Gasteiger partial charge on any atom is 0.260 e. The van der Waals surface area contributed by atoms with Crippen molar-refractivity contribution in [1.82, 2.24) is 10.4 Å². The molecule has 1 aromatic heterocycles. The van der Waals surface area contributed by atoms with E-state index in [0.29, 0.717) is 23.7 Å². The third-order valence-corrected chi connectivity index (χ3v) is 4.32. The number of aromatic nitrogens is 1. The molecule has 2 rings (SSSR count). The van der Waals surface area contributed by atoms with Crippen molar-refractivity contribution < 1.29 is 17.9 Å². The van der Waals surface area contributed by atoms with Crippen LogP contribution in [-0.4, -0.2) is 44.9 Å². The zero-order chi connectivity index (χ0) is 19.0. The van der Waals surface area contributed by atoms with Crippen LogP contribution in [0, 0.1) is 0 Å². The number of amides is 1. The molecule has 0 atom stereocenters. The van der Waals surface area contributed by atoms with E-state index < -0.39 is 22.5 Å². The number of benzene rings is 1. The summed E-state index contributed by atoms with van der Waals surface area (Å²) in [5, 5.41) is 3.79. The molecule has 0 aliphatic rings. The molecular formula is C17H20N4O4S. The number of ether oxygens (including phenoxy) is 1. The summed E-state index contributed by atoms with van der Waals surface area (Å²) in [4.78, 5) is 16.2. The predicted octanol–water partition coefficient (Wildman–Crippen LogP) is 1.40. The molecule has 0 bridgehead atoms. The lowest BCUT2D eigenvalue weighted by molar-refractivity contribution is -0.119. The highest BCUT2D eigenvalue weighted by molar-refractivity contribution is 7.92. The fourth-order valence-corrected chi connectivity index (χ4v) is 2.97. The van der Waals surface area contributed by atoms with Gasteiger partial charge in [-0.25, -0.2) is 13.8 Å². The van der Waals surface area contributed by atoms with Crippen molar-refractivity contribution in [2.24, 2.45) is 5.10 Å². The summed E-state index contributed by atoms with van der Waals surface area (Å²) in [6.45, 7) is 1.73. The molecule has 8 nitrogen and oxygen atoms in total. The molecule has 9 heteroatoms. The summed E-state index contributed by atoms with van der Waals surface area (Å²) >= 11 is 0. The van der Waals surface area contributed by atoms with Crippen molar-refractivity contribution >= 4 is 27.8 Å². The summed E-state index contributed by atoms with van der Waals surface area (Å²) in [5.41, 5.74) is 3.16. The predicted molar refractivity (Wildman–Crippen MR) is 99.8 cm³/mol. The van der Waals surface area contributed by atoms with Gasteiger partial charge in [-0.15, -0.1) is 0 Å². The highest BCUT2D eigenvalue weighted by Crippen LogP contribution is 2.29. The van der Waals surface area contributed by atoms with E-state index in [2.05, 4.69) is 15.5 Å². The van der Waals surface area contributed by atoms with Gasteiger partial charge in [0.25, 0.3) is 5.91 Å². The molecule has 0 radical (unpaired) electrons. The SMILES string of the molecule is CCOc1ccccc1N(CC(=O)N/N=C\c1ccccn1)S(C)(=O)=O. The lowest BCUT2D eigenvalue weighted by atomic mass is 10.3. The van der Waals surface area contributed by atoms with Crippen molar-refractivity contribution in [1.29, 1.82) is 0 Å². The number of hydrogen-bond donors (Lipinski definition) is 1. The summed E-state index contributed by atoms with van der Waals surface area (Å²) in [7, 11) is -3.70. The van der Waals surface area contributed by atoms with E-state index in [9.17, 15) is 13.2 Å². The molecule has 0 saturated heterocycles. The van der Waals surface area contributed by atoms with Crippen LogP contribution in [0.25, 0.3) is 0 Å². The number of hydrogen-bond acceptors (Lipinski definition) is 6. The standard InChI is InChI=1S/C17H20N4O4S/c1-3-25-16-10-5-4-9-15(16)21(26(2,23)24)13-17(22)20-19-12-14-8-6-7-11-18-14/h4-12H,3,13H2,1-2H3,(H,20,22)/b19-12-. The fraction of sp³-hybridized carbons (Fsp3) is 0.235. The molecule has 2 aromatic rings. The Kier molecular flexibility index (Phi) is 6.67. The first-order valence-corrected chi connectivity index (χ1v) is 9.69. The van der Waals surface area contributed by atoms with Gasteiger partial charge in [0.1, 0.15) is 12.3 Å². The summed E-state index contributed by atoms with van der Waals surface area (Å²) in [6, 6.07) is 11.9. The average Bonchev–Trinajstić information content (AvgIpc) is 2.61. The van der Waals surface area contributed by atoms with Crippen molar-refractivity contribution in [3.8, 4) is 5.75 Å². The Hall–Kier alpha value is -2.94. The molecule has 0 spiro atoms. The Balaban J connectivity index is 2.14. The van der Waals surface area contributed by atoms with Gasteiger partial charge in [-0.3, -0.25) is 14.1 Å². The molecule has 1 aromatic carbocycles. The van der Waals surface area contributed by atoms with Gasteiger partial charge < -0.3 is 4.74 Å². The van der Waals surface area contributed by atoms with Crippen molar-refractivity contribution in [3.05, 3.63) is 54.4 Å². The molecule has 1 amide bonds. The minimum Gasteiger partial charge on any atom is -0.492 e. The van der Waals surface area contributed by atoms with Crippen LogP contribution in [-0.2, 0) is 14.8 Å². The van der Waals surface area contributed by atoms with Gasteiger partial charge in [0.05, 0.1) is 30.5 Å². The van der Waals surface area contributed by atoms with E-state index in [1.165, 1.54) is 6.21 Å². The van der Waals surface area contributed by atoms with Crippen LogP contribution in [0.1, 0.15) is 12.6 Å². The summed E-state index contributed by atoms with van der Waals surface area (Å²) in [5.74, 6) is -0.209. The van der Waals surface area contributed by atoms with Crippen LogP contribution < -0.4 is 14.5 Å². The molecular weight excluding hydrogens is 356 g/mol. The molecule has 0 saturated carbocycles. The number of hydrazone groups is 1. The van der Waals surface area contributed by atoms with Gasteiger partial charge in [-0.2, -0.15) is 5.10 Å². The first kappa shape index (κ1) is 19.4. The van der Waals surface area contributed by atoms with E-state index >= 15 is 0 Å². The monoisotopic (exact) mass is 376 g/mol. The zero-order valence-corrected chi connectivity index (χ0v) is 15.3. The van der Waals surface area contributed by atoms with E-state index in [1.807, 2.05) is 0 Å². The Morgan fingerprint density at radius 3 is 2.65 bits per heavy atom. The third-order valence-electron chi connectivity index (χ3n) is 3.20. The highest BCUT2D eigenvalue weighted by Gasteiger charge is 2.23. The van der Waals surface area contributed by atoms with Crippen molar-refractivity contribution in [2.75, 3.05) is 23.7 Å². The van der Waals surface area contributed by atoms with E-state index in [1.54, 1.807) is 55.6 Å². The van der Waals surface area contributed by atoms with Gasteiger partial charge in [-0.05, 0) is 31.2 Å². The lowest BCUT2D eigenvalue weighted by Gasteiger charge is -2.23. The fourth-order valence-electron chi connectivity index (χ4n) is 2.11. The molecule has 0 fully saturated rings. The lowest BCUT2D eigenvalue weighted by Crippen LogP contribution is -2.39. The number of rotatable bonds is 8. The van der Waals surface area contributed by atoms with Crippen molar-refractivity contribution in [2.45, 2.75) is 6.92 Å². The highest BCUT2D eigenvalue weighted by atomic mass is 32.2. The second kappa shape index (κ2) is 8.95. The Bertz CT molecular complexity index is 869. The largest absolute Gasteiger partial charge is 0.492 e. The van der Waals surface area contributed by atoms with Crippen LogP contribution in [0.5, 0.6) is 5.75 Å². The number of carbonyl (C=O) groups excluding carboxylic acids is 1. The maximum absolute atomic E-state index is 12.2. The van der Waals surface area contributed by atoms with Crippen molar-refractivity contribution in [3.63, 3.8) is 0 Å². The Morgan fingerprint density at radius 1 is 1.27 bits per heavy atom. The summed E-state index contributed by atoms with van der Waals surface area (Å²) in [6.07, 6.45) is 4.00. The van der Waals surface area contributed by atoms with Crippen LogP contribution >= 0.6 is 0 Å². The molecule has 1 heterocycles. The molecule has 138 valence electrons. The minimum atomic E-state index is -3.70. The maximum atomic E-state index is 12.2. The number of anilines is 1. The second-order valence-electron chi connectivity index (χ2n) is 5.22. The van der Waals surface area contributed by atoms with E-state index in [-0.39, 0.29) is 0 Å². The van der Waals surface area contributed by atoms with E-state index in [4.69, 9.17) is 4.74 Å². The van der Waals surface area contributed by atoms with Crippen LogP contribution in [0.2, 0.25) is 0 Å². The van der Waals surface area contributed by atoms with Crippen LogP contribution in [0.4, 0.5) is 5.69 Å². The van der Waals surface area contributed by atoms with Gasteiger partial charge in [0.15, 0.2) is 0 Å². The molecule has 1 N–H and O–H groups in total. The summed E-state index contributed by atoms with van der Waals surface area (Å²) < 4.78 is 30.8. The number of nitrogens with zero attached hydrogens (tertiary/aromatic N) is 3. The first-order chi connectivity index (χ1) is 12.4. The van der Waals surface area contributed by atoms with Gasteiger partial charge in [0.2, 0.25) is 10.0 Å². The topological polar surface area (TPSA) is 101 Å². The number of carbonyl (C=O) groups is 1. The van der Waals surface area contributed by atoms with Gasteiger partial charge in [-0.1, -0.05) is 18.2 Å². The molecule has 0 unspecified atom stereocenters. The first-order valence-electron chi connectivity index (χ1n) is 7.84. The average molecular weight is 376 g/mol. The number of para-hydroxylation sites is 2. The number of nitrogens with one attached hydrogen (secondary N) is 1. The normalized spacial score (nSPS) is 11.3. The van der Waals surface area contributed by atoms with Gasteiger partial charge in [0, 0.05) is 6.20 Å². The number of sulfonamides is 1. The smallest absolute Gasteiger partial charge is 0.260 e. The Morgan fingerprint density at radius 2 is 2.00 bits per heavy atom. The van der Waals surface area contributed by atoms with Crippen LogP contribution in [0.15, 0.2) is 53.8 Å². The second-order valence-corrected chi connectivity index (χ2v) is 7.12. The van der Waals surface area contributed by atoms with Crippen LogP contribution in [0.3, 0.4) is 0 Å². The van der Waals surface area contributed by atoms with E-state index in [0.717, 1.165) is 10.6 Å². The minimum absolute atomic E-state index is 0.292.